The fraction of sp³-hybridized carbons (Fsp3) is 0.542. The number of carbonyl (C=O) groups excluding carboxylic acids is 1. The molecular weight excluding hydrogens is 448 g/mol. The maximum Gasteiger partial charge on any atom is 0.338 e. The highest BCUT2D eigenvalue weighted by Gasteiger charge is 2.23. The van der Waals surface area contributed by atoms with E-state index in [1.54, 1.807) is 4.57 Å². The van der Waals surface area contributed by atoms with Gasteiger partial charge in [-0.1, -0.05) is 33.8 Å². The summed E-state index contributed by atoms with van der Waals surface area (Å²) in [6, 6.07) is 2.35. The predicted molar refractivity (Wildman–Crippen MR) is 127 cm³/mol. The van der Waals surface area contributed by atoms with Gasteiger partial charge in [0.25, 0.3) is 0 Å². The zero-order chi connectivity index (χ0) is 24.7. The Bertz CT molecular complexity index is 992. The van der Waals surface area contributed by atoms with Gasteiger partial charge in [0.15, 0.2) is 11.6 Å². The monoisotopic (exact) mass is 481 g/mol. The van der Waals surface area contributed by atoms with E-state index in [9.17, 15) is 18.4 Å². The Kier molecular flexibility index (Phi) is 9.88. The highest BCUT2D eigenvalue weighted by atomic mass is 32.1. The van der Waals surface area contributed by atoms with Gasteiger partial charge in [0.05, 0.1) is 30.0 Å². The molecule has 1 atom stereocenters. The Morgan fingerprint density at radius 1 is 1.21 bits per heavy atom. The second-order valence-corrected chi connectivity index (χ2v) is 8.91. The van der Waals surface area contributed by atoms with Crippen LogP contribution < -0.4 is 5.32 Å². The number of carbonyl (C=O) groups is 2. The minimum atomic E-state index is -1.52. The van der Waals surface area contributed by atoms with Crippen LogP contribution in [0.4, 0.5) is 8.78 Å². The average Bonchev–Trinajstić information content (AvgIpc) is 3.09. The number of carboxylic acids is 1. The van der Waals surface area contributed by atoms with E-state index >= 15 is 0 Å². The number of benzene rings is 1. The number of nitrogens with zero attached hydrogens (tertiary/aromatic N) is 2. The molecule has 0 saturated carbocycles. The molecule has 0 radical (unpaired) electrons. The summed E-state index contributed by atoms with van der Waals surface area (Å²) >= 11 is 4.31. The number of aromatic carboxylic acids is 1. The van der Waals surface area contributed by atoms with E-state index < -0.39 is 23.2 Å². The van der Waals surface area contributed by atoms with Crippen LogP contribution in [0.3, 0.4) is 0 Å². The van der Waals surface area contributed by atoms with Gasteiger partial charge < -0.3 is 15.0 Å². The van der Waals surface area contributed by atoms with Crippen molar-refractivity contribution in [3.8, 4) is 0 Å². The number of halogens is 2. The Labute approximate surface area is 199 Å². The third kappa shape index (κ3) is 6.56. The number of aryl methyl sites for hydroxylation is 2. The third-order valence-corrected chi connectivity index (χ3v) is 5.98. The molecule has 0 bridgehead atoms. The van der Waals surface area contributed by atoms with Crippen LogP contribution in [0.5, 0.6) is 0 Å². The summed E-state index contributed by atoms with van der Waals surface area (Å²) in [6.07, 6.45) is 2.77. The lowest BCUT2D eigenvalue weighted by molar-refractivity contribution is -0.124. The van der Waals surface area contributed by atoms with Crippen LogP contribution in [0.2, 0.25) is 0 Å². The average molecular weight is 482 g/mol. The Hall–Kier alpha value is -2.42. The SMILES string of the molecule is CCCc1nc(CC)c(CNC(=O)C(CS)CC(C)C)n1Cc1ccc(C(=O)O)c(F)c1F. The van der Waals surface area contributed by atoms with E-state index in [0.29, 0.717) is 30.3 Å². The van der Waals surface area contributed by atoms with Crippen LogP contribution >= 0.6 is 12.6 Å². The second kappa shape index (κ2) is 12.2. The molecule has 2 rings (SSSR count). The Balaban J connectivity index is 2.40. The molecule has 1 aromatic heterocycles. The number of nitrogens with one attached hydrogen (secondary N) is 1. The molecular formula is C24H33F2N3O3S. The van der Waals surface area contributed by atoms with E-state index in [2.05, 4.69) is 17.9 Å². The molecule has 182 valence electrons. The van der Waals surface area contributed by atoms with Gasteiger partial charge in [0.1, 0.15) is 5.82 Å². The molecule has 0 fully saturated rings. The van der Waals surface area contributed by atoms with Crippen LogP contribution in [0.15, 0.2) is 12.1 Å². The van der Waals surface area contributed by atoms with Crippen molar-refractivity contribution in [1.29, 1.82) is 0 Å². The topological polar surface area (TPSA) is 84.2 Å². The van der Waals surface area contributed by atoms with Gasteiger partial charge in [-0.15, -0.1) is 0 Å². The smallest absolute Gasteiger partial charge is 0.338 e. The van der Waals surface area contributed by atoms with Crippen molar-refractivity contribution in [2.24, 2.45) is 11.8 Å². The molecule has 2 N–H and O–H groups in total. The molecule has 0 aliphatic heterocycles. The second-order valence-electron chi connectivity index (χ2n) is 8.54. The summed E-state index contributed by atoms with van der Waals surface area (Å²) in [6.45, 7) is 8.24. The molecule has 0 aliphatic rings. The maximum absolute atomic E-state index is 14.7. The zero-order valence-corrected chi connectivity index (χ0v) is 20.5. The number of hydrogen-bond acceptors (Lipinski definition) is 4. The van der Waals surface area contributed by atoms with Crippen molar-refractivity contribution in [3.05, 3.63) is 52.1 Å². The number of thiol groups is 1. The first-order chi connectivity index (χ1) is 15.6. The van der Waals surface area contributed by atoms with E-state index in [1.807, 2.05) is 27.7 Å². The van der Waals surface area contributed by atoms with Crippen molar-refractivity contribution >= 4 is 24.5 Å². The lowest BCUT2D eigenvalue weighted by atomic mass is 9.98. The highest BCUT2D eigenvalue weighted by Crippen LogP contribution is 2.22. The maximum atomic E-state index is 14.7. The molecule has 9 heteroatoms. The van der Waals surface area contributed by atoms with Gasteiger partial charge in [-0.05, 0) is 31.2 Å². The van der Waals surface area contributed by atoms with E-state index in [4.69, 9.17) is 10.1 Å². The van der Waals surface area contributed by atoms with Crippen LogP contribution in [-0.2, 0) is 30.7 Å². The summed E-state index contributed by atoms with van der Waals surface area (Å²) in [7, 11) is 0. The van der Waals surface area contributed by atoms with Gasteiger partial charge in [-0.2, -0.15) is 12.6 Å². The van der Waals surface area contributed by atoms with Gasteiger partial charge >= 0.3 is 5.97 Å². The van der Waals surface area contributed by atoms with E-state index in [1.165, 1.54) is 6.07 Å². The first kappa shape index (κ1) is 26.8. The van der Waals surface area contributed by atoms with Crippen LogP contribution in [0.25, 0.3) is 0 Å². The fourth-order valence-corrected chi connectivity index (χ4v) is 4.18. The van der Waals surface area contributed by atoms with Gasteiger partial charge in [0.2, 0.25) is 5.91 Å². The number of rotatable bonds is 12. The van der Waals surface area contributed by atoms with Gasteiger partial charge in [-0.25, -0.2) is 18.6 Å². The quantitative estimate of drug-likeness (QED) is 0.386. The first-order valence-electron chi connectivity index (χ1n) is 11.3. The van der Waals surface area contributed by atoms with Crippen LogP contribution in [-0.4, -0.2) is 32.3 Å². The normalized spacial score (nSPS) is 12.2. The van der Waals surface area contributed by atoms with E-state index in [-0.39, 0.29) is 30.5 Å². The molecule has 1 heterocycles. The molecule has 1 unspecified atom stereocenters. The number of carboxylic acid groups (broad SMARTS) is 1. The molecule has 6 nitrogen and oxygen atoms in total. The highest BCUT2D eigenvalue weighted by molar-refractivity contribution is 7.80. The minimum absolute atomic E-state index is 0.0157. The molecule has 2 aromatic rings. The fourth-order valence-electron chi connectivity index (χ4n) is 3.87. The lowest BCUT2D eigenvalue weighted by Gasteiger charge is -2.18. The molecule has 0 spiro atoms. The van der Waals surface area contributed by atoms with Crippen molar-refractivity contribution in [2.45, 2.75) is 66.5 Å². The minimum Gasteiger partial charge on any atom is -0.478 e. The molecule has 33 heavy (non-hydrogen) atoms. The predicted octanol–water partition coefficient (Wildman–Crippen LogP) is 4.63. The number of amides is 1. The Morgan fingerprint density at radius 2 is 1.91 bits per heavy atom. The lowest BCUT2D eigenvalue weighted by Crippen LogP contribution is -2.33. The molecule has 0 saturated heterocycles. The van der Waals surface area contributed by atoms with Crippen LogP contribution in [0.1, 0.15) is 73.7 Å². The van der Waals surface area contributed by atoms with Crippen molar-refractivity contribution in [3.63, 3.8) is 0 Å². The number of imidazole rings is 1. The third-order valence-electron chi connectivity index (χ3n) is 5.54. The summed E-state index contributed by atoms with van der Waals surface area (Å²) in [5.41, 5.74) is 0.836. The van der Waals surface area contributed by atoms with Crippen molar-refractivity contribution < 1.29 is 23.5 Å². The zero-order valence-electron chi connectivity index (χ0n) is 19.6. The summed E-state index contributed by atoms with van der Waals surface area (Å²) in [5.74, 6) is -2.91. The molecule has 1 amide bonds. The summed E-state index contributed by atoms with van der Waals surface area (Å²) in [4.78, 5) is 28.5. The largest absolute Gasteiger partial charge is 0.478 e. The van der Waals surface area contributed by atoms with Crippen molar-refractivity contribution in [2.75, 3.05) is 5.75 Å². The Morgan fingerprint density at radius 3 is 2.45 bits per heavy atom. The molecule has 1 aromatic carbocycles. The van der Waals surface area contributed by atoms with E-state index in [0.717, 1.165) is 30.3 Å². The summed E-state index contributed by atoms with van der Waals surface area (Å²) < 4.78 is 30.8. The van der Waals surface area contributed by atoms with Gasteiger partial charge in [-0.3, -0.25) is 4.79 Å². The van der Waals surface area contributed by atoms with Crippen LogP contribution in [0, 0.1) is 23.5 Å². The van der Waals surface area contributed by atoms with Gasteiger partial charge in [0, 0.05) is 23.7 Å². The first-order valence-corrected chi connectivity index (χ1v) is 11.9. The van der Waals surface area contributed by atoms with Crippen molar-refractivity contribution in [1.82, 2.24) is 14.9 Å². The molecule has 0 aliphatic carbocycles. The summed E-state index contributed by atoms with van der Waals surface area (Å²) in [5, 5.41) is 12.0. The number of hydrogen-bond donors (Lipinski definition) is 3. The number of aromatic nitrogens is 2. The standard InChI is InChI=1S/C24H33F2N3O3S/c1-5-7-20-28-18(6-2)19(11-27-23(30)16(13-33)10-14(3)4)29(20)12-15-8-9-17(24(31)32)22(26)21(15)25/h8-9,14,16,33H,5-7,10-13H2,1-4H3,(H,27,30)(H,31,32).